The van der Waals surface area contributed by atoms with Gasteiger partial charge in [-0.15, -0.1) is 0 Å². The fourth-order valence-corrected chi connectivity index (χ4v) is 4.24. The maximum atomic E-state index is 13.7. The summed E-state index contributed by atoms with van der Waals surface area (Å²) in [4.78, 5) is 18.9. The van der Waals surface area contributed by atoms with Crippen LogP contribution in [-0.2, 0) is 21.3 Å². The molecule has 2 atom stereocenters. The van der Waals surface area contributed by atoms with Gasteiger partial charge in [0, 0.05) is 24.7 Å². The van der Waals surface area contributed by atoms with Crippen LogP contribution in [0, 0.1) is 6.92 Å². The molecule has 2 aliphatic heterocycles. The van der Waals surface area contributed by atoms with Gasteiger partial charge < -0.3 is 19.1 Å². The Hall–Kier alpha value is -2.72. The lowest BCUT2D eigenvalue weighted by Crippen LogP contribution is -2.54. The molecule has 6 nitrogen and oxygen atoms in total. The number of carbonyl (C=O) groups is 1. The number of nitrogens with zero attached hydrogens (tertiary/aromatic N) is 2. The number of hydrogen-bond acceptors (Lipinski definition) is 5. The Morgan fingerprint density at radius 3 is 2.68 bits per heavy atom. The Morgan fingerprint density at radius 1 is 1.24 bits per heavy atom. The van der Waals surface area contributed by atoms with Crippen LogP contribution >= 0.6 is 0 Å². The van der Waals surface area contributed by atoms with Crippen molar-refractivity contribution in [3.05, 3.63) is 58.9 Å². The summed E-state index contributed by atoms with van der Waals surface area (Å²) in [5.74, 6) is 0.240. The van der Waals surface area contributed by atoms with Gasteiger partial charge in [0.1, 0.15) is 36.5 Å². The lowest BCUT2D eigenvalue weighted by molar-refractivity contribution is -0.138. The molecule has 2 saturated heterocycles. The second-order valence-corrected chi connectivity index (χ2v) is 9.22. The molecule has 0 N–H and O–H groups in total. The molecule has 0 bridgehead atoms. The minimum atomic E-state index is -4.51. The third kappa shape index (κ3) is 4.88. The van der Waals surface area contributed by atoms with E-state index in [4.69, 9.17) is 14.2 Å². The molecule has 184 valence electrons. The van der Waals surface area contributed by atoms with Gasteiger partial charge in [-0.1, -0.05) is 0 Å². The molecule has 3 heterocycles. The van der Waals surface area contributed by atoms with Gasteiger partial charge in [0.25, 0.3) is 5.91 Å². The van der Waals surface area contributed by atoms with Crippen molar-refractivity contribution in [2.75, 3.05) is 26.5 Å². The number of pyridine rings is 1. The average molecular weight is 482 g/mol. The van der Waals surface area contributed by atoms with Crippen LogP contribution in [0.1, 0.15) is 47.4 Å². The number of aryl methyl sites for hydroxylation is 1. The first-order chi connectivity index (χ1) is 15.9. The van der Waals surface area contributed by atoms with Gasteiger partial charge in [0.2, 0.25) is 0 Å². The van der Waals surface area contributed by atoms with Crippen LogP contribution in [0.4, 0.5) is 17.6 Å². The Balaban J connectivity index is 1.50. The maximum Gasteiger partial charge on any atom is 0.416 e. The zero-order valence-corrected chi connectivity index (χ0v) is 19.1. The van der Waals surface area contributed by atoms with Crippen molar-refractivity contribution in [1.82, 2.24) is 9.88 Å². The number of aromatic nitrogens is 1. The van der Waals surface area contributed by atoms with Crippen molar-refractivity contribution in [3.8, 4) is 5.75 Å². The van der Waals surface area contributed by atoms with Crippen molar-refractivity contribution in [3.63, 3.8) is 0 Å². The van der Waals surface area contributed by atoms with Crippen LogP contribution in [0.3, 0.4) is 0 Å². The summed E-state index contributed by atoms with van der Waals surface area (Å²) in [6.07, 6.45) is -3.81. The summed E-state index contributed by atoms with van der Waals surface area (Å²) >= 11 is 0. The molecular weight excluding hydrogens is 456 g/mol. The van der Waals surface area contributed by atoms with E-state index < -0.39 is 29.1 Å². The molecule has 1 amide bonds. The quantitative estimate of drug-likeness (QED) is 0.581. The molecule has 34 heavy (non-hydrogen) atoms. The van der Waals surface area contributed by atoms with E-state index in [0.29, 0.717) is 16.9 Å². The second-order valence-electron chi connectivity index (χ2n) is 9.22. The van der Waals surface area contributed by atoms with Crippen molar-refractivity contribution in [2.24, 2.45) is 0 Å². The Morgan fingerprint density at radius 2 is 2.00 bits per heavy atom. The van der Waals surface area contributed by atoms with Crippen LogP contribution in [-0.4, -0.2) is 54.1 Å². The van der Waals surface area contributed by atoms with Crippen molar-refractivity contribution >= 4 is 5.91 Å². The SMILES string of the molecule is Cc1cc(C(=O)N2CC[C@]3(c4cc(C(F)(F)F)ccn4)OCOC3C2)ccc1OCC(C)(C)F. The standard InChI is InChI=1S/C24H26F4N2O4/c1-15-10-16(4-5-18(15)32-13-22(2,3)25)21(31)30-9-7-23(20(12-30)33-14-34-23)19-11-17(6-8-29-19)24(26,27)28/h4-6,8,10-11,20H,7,9,12-14H2,1-3H3/t20?,23-/m1/s1. The predicted molar refractivity (Wildman–Crippen MR) is 114 cm³/mol. The molecular formula is C24H26F4N2O4. The molecule has 10 heteroatoms. The molecule has 1 aromatic carbocycles. The number of carbonyl (C=O) groups excluding carboxylic acids is 1. The predicted octanol–water partition coefficient (Wildman–Crippen LogP) is 4.65. The van der Waals surface area contributed by atoms with Crippen molar-refractivity contribution < 1.29 is 36.6 Å². The molecule has 0 aliphatic carbocycles. The number of alkyl halides is 4. The first-order valence-electron chi connectivity index (χ1n) is 10.9. The van der Waals surface area contributed by atoms with E-state index in [0.717, 1.165) is 18.3 Å². The molecule has 4 rings (SSSR count). The molecule has 0 radical (unpaired) electrons. The largest absolute Gasteiger partial charge is 0.490 e. The summed E-state index contributed by atoms with van der Waals surface area (Å²) in [6, 6.07) is 6.81. The van der Waals surface area contributed by atoms with Gasteiger partial charge >= 0.3 is 6.18 Å². The van der Waals surface area contributed by atoms with Gasteiger partial charge in [-0.05, 0) is 56.7 Å². The van der Waals surface area contributed by atoms with E-state index in [9.17, 15) is 22.4 Å². The summed E-state index contributed by atoms with van der Waals surface area (Å²) in [5, 5.41) is 0. The van der Waals surface area contributed by atoms with Gasteiger partial charge in [-0.2, -0.15) is 13.2 Å². The number of amides is 1. The topological polar surface area (TPSA) is 60.9 Å². The molecule has 0 saturated carbocycles. The van der Waals surface area contributed by atoms with Crippen LogP contribution in [0.5, 0.6) is 5.75 Å². The van der Waals surface area contributed by atoms with Gasteiger partial charge in [0.15, 0.2) is 0 Å². The monoisotopic (exact) mass is 482 g/mol. The van der Waals surface area contributed by atoms with E-state index in [-0.39, 0.29) is 44.5 Å². The van der Waals surface area contributed by atoms with E-state index in [1.807, 2.05) is 0 Å². The van der Waals surface area contributed by atoms with Crippen LogP contribution < -0.4 is 4.74 Å². The van der Waals surface area contributed by atoms with Crippen LogP contribution in [0.2, 0.25) is 0 Å². The van der Waals surface area contributed by atoms with Gasteiger partial charge in [0.05, 0.1) is 17.8 Å². The van der Waals surface area contributed by atoms with Gasteiger partial charge in [-0.3, -0.25) is 9.78 Å². The normalized spacial score (nSPS) is 23.0. The Kier molecular flexibility index (Phi) is 6.32. The highest BCUT2D eigenvalue weighted by Crippen LogP contribution is 2.43. The van der Waals surface area contributed by atoms with E-state index >= 15 is 0 Å². The highest BCUT2D eigenvalue weighted by Gasteiger charge is 2.52. The van der Waals surface area contributed by atoms with E-state index in [1.54, 1.807) is 30.0 Å². The summed E-state index contributed by atoms with van der Waals surface area (Å²) in [5.41, 5.74) is -2.19. The number of fused-ring (bicyclic) bond motifs is 1. The van der Waals surface area contributed by atoms with Crippen LogP contribution in [0.15, 0.2) is 36.5 Å². The third-order valence-corrected chi connectivity index (χ3v) is 6.05. The molecule has 1 aromatic heterocycles. The smallest absolute Gasteiger partial charge is 0.416 e. The second kappa shape index (κ2) is 8.81. The fraction of sp³-hybridized carbons (Fsp3) is 0.500. The van der Waals surface area contributed by atoms with Gasteiger partial charge in [-0.25, -0.2) is 4.39 Å². The Labute approximate surface area is 194 Å². The number of rotatable bonds is 5. The number of benzene rings is 1. The number of ether oxygens (including phenoxy) is 3. The van der Waals surface area contributed by atoms with E-state index in [1.165, 1.54) is 13.8 Å². The highest BCUT2D eigenvalue weighted by atomic mass is 19.4. The molecule has 1 unspecified atom stereocenters. The van der Waals surface area contributed by atoms with E-state index in [2.05, 4.69) is 4.98 Å². The lowest BCUT2D eigenvalue weighted by atomic mass is 9.84. The minimum Gasteiger partial charge on any atom is -0.490 e. The highest BCUT2D eigenvalue weighted by molar-refractivity contribution is 5.94. The summed E-state index contributed by atoms with van der Waals surface area (Å²) in [6.45, 7) is 4.79. The zero-order valence-electron chi connectivity index (χ0n) is 19.1. The fourth-order valence-electron chi connectivity index (χ4n) is 4.24. The Bertz CT molecular complexity index is 1070. The van der Waals surface area contributed by atoms with Crippen LogP contribution in [0.25, 0.3) is 0 Å². The van der Waals surface area contributed by atoms with Crippen molar-refractivity contribution in [2.45, 2.75) is 50.7 Å². The molecule has 2 fully saturated rings. The number of hydrogen-bond donors (Lipinski definition) is 0. The zero-order chi connectivity index (χ0) is 24.7. The molecule has 2 aromatic rings. The maximum absolute atomic E-state index is 13.7. The average Bonchev–Trinajstić information content (AvgIpc) is 3.21. The summed E-state index contributed by atoms with van der Waals surface area (Å²) < 4.78 is 70.4. The first kappa shape index (κ1) is 24.4. The minimum absolute atomic E-state index is 0.0965. The number of piperidine rings is 1. The first-order valence-corrected chi connectivity index (χ1v) is 10.9. The molecule has 0 spiro atoms. The number of halogens is 4. The lowest BCUT2D eigenvalue weighted by Gasteiger charge is -2.41. The third-order valence-electron chi connectivity index (χ3n) is 6.05. The van der Waals surface area contributed by atoms with Crippen molar-refractivity contribution in [1.29, 1.82) is 0 Å². The summed E-state index contributed by atoms with van der Waals surface area (Å²) in [7, 11) is 0. The molecule has 2 aliphatic rings. The number of likely N-dealkylation sites (tertiary alicyclic amines) is 1.